The van der Waals surface area contributed by atoms with E-state index in [0.717, 1.165) is 24.4 Å². The third-order valence-corrected chi connectivity index (χ3v) is 8.04. The Labute approximate surface area is 204 Å². The van der Waals surface area contributed by atoms with Gasteiger partial charge in [-0.2, -0.15) is 0 Å². The summed E-state index contributed by atoms with van der Waals surface area (Å²) in [6, 6.07) is 4.80. The van der Waals surface area contributed by atoms with Gasteiger partial charge in [0.25, 0.3) is 17.1 Å². The van der Waals surface area contributed by atoms with Crippen LogP contribution in [0.25, 0.3) is 10.9 Å². The highest BCUT2D eigenvalue weighted by Gasteiger charge is 2.40. The molecular weight excluding hydrogens is 485 g/mol. The minimum Gasteiger partial charge on any atom is -0.375 e. The van der Waals surface area contributed by atoms with Crippen LogP contribution < -0.4 is 16.0 Å². The molecule has 184 valence electrons. The highest BCUT2D eigenvalue weighted by Crippen LogP contribution is 2.35. The molecule has 1 aromatic heterocycles. The first-order chi connectivity index (χ1) is 16.1. The first kappa shape index (κ1) is 23.8. The van der Waals surface area contributed by atoms with Crippen molar-refractivity contribution in [3.63, 3.8) is 0 Å². The Kier molecular flexibility index (Phi) is 6.26. The zero-order chi connectivity index (χ0) is 24.2. The Morgan fingerprint density at radius 1 is 1.32 bits per heavy atom. The lowest BCUT2D eigenvalue weighted by molar-refractivity contribution is -0.139. The maximum absolute atomic E-state index is 13.5. The van der Waals surface area contributed by atoms with Crippen LogP contribution in [0.5, 0.6) is 0 Å². The summed E-state index contributed by atoms with van der Waals surface area (Å²) in [5.74, 6) is -0.580. The van der Waals surface area contributed by atoms with Crippen molar-refractivity contribution in [2.45, 2.75) is 48.1 Å². The molecule has 3 fully saturated rings. The molecule has 12 heteroatoms. The second-order valence-corrected chi connectivity index (χ2v) is 10.9. The molecule has 0 bridgehead atoms. The number of hydrogen-bond donors (Lipinski definition) is 2. The van der Waals surface area contributed by atoms with E-state index in [4.69, 9.17) is 11.6 Å². The fourth-order valence-electron chi connectivity index (χ4n) is 4.68. The fraction of sp³-hybridized carbons (Fsp3) is 0.591. The highest BCUT2D eigenvalue weighted by atomic mass is 35.5. The predicted octanol–water partition coefficient (Wildman–Crippen LogP) is 1.11. The van der Waals surface area contributed by atoms with Crippen LogP contribution in [0.1, 0.15) is 25.3 Å². The van der Waals surface area contributed by atoms with Gasteiger partial charge >= 0.3 is 5.69 Å². The van der Waals surface area contributed by atoms with E-state index in [9.17, 15) is 23.9 Å². The number of aromatic nitrogens is 2. The summed E-state index contributed by atoms with van der Waals surface area (Å²) in [6.07, 6.45) is 2.31. The van der Waals surface area contributed by atoms with Crippen molar-refractivity contribution in [3.8, 4) is 0 Å². The molecule has 5 rings (SSSR count). The number of hydrogen-bond acceptors (Lipinski definition) is 7. The maximum atomic E-state index is 13.5. The zero-order valence-corrected chi connectivity index (χ0v) is 20.3. The highest BCUT2D eigenvalue weighted by molar-refractivity contribution is 7.97. The quantitative estimate of drug-likeness (QED) is 0.326. The Bertz CT molecular complexity index is 1240. The van der Waals surface area contributed by atoms with Gasteiger partial charge in [-0.3, -0.25) is 18.7 Å². The van der Waals surface area contributed by atoms with Gasteiger partial charge < -0.3 is 14.9 Å². The number of carbonyl (C=O) groups is 1. The average molecular weight is 512 g/mol. The van der Waals surface area contributed by atoms with E-state index in [1.54, 1.807) is 16.7 Å². The number of amides is 1. The van der Waals surface area contributed by atoms with Crippen LogP contribution in [0.3, 0.4) is 0 Å². The van der Waals surface area contributed by atoms with Gasteiger partial charge in [-0.15, -0.1) is 0 Å². The van der Waals surface area contributed by atoms with Gasteiger partial charge in [0.2, 0.25) is 0 Å². The van der Waals surface area contributed by atoms with Crippen molar-refractivity contribution >= 4 is 40.4 Å². The number of nitrogens with one attached hydrogen (secondary N) is 1. The number of aliphatic hydroxyl groups is 1. The molecule has 2 aliphatic heterocycles. The zero-order valence-electron chi connectivity index (χ0n) is 18.7. The summed E-state index contributed by atoms with van der Waals surface area (Å²) in [4.78, 5) is 43.0. The molecule has 3 heterocycles. The van der Waals surface area contributed by atoms with Crippen LogP contribution >= 0.6 is 23.5 Å². The molecular formula is C22H27ClFN5O4S. The topological polar surface area (TPSA) is 99.8 Å². The standard InChI is InChI=1S/C22H27ClFN5O4S/c1-26-7-4-13(9-26)10-28-17-3-2-15(34-25-22(33)5-6-22)8-16(17)19(30)29(21(28)32)14-11-27(12-14)20(31)18(23)24/h2-3,8,13-14,18,25,33H,4-7,9-12H2,1H3. The van der Waals surface area contributed by atoms with E-state index in [0.29, 0.717) is 30.3 Å². The number of benzene rings is 1. The van der Waals surface area contributed by atoms with Gasteiger partial charge in [-0.05, 0) is 68.9 Å². The van der Waals surface area contributed by atoms with Crippen molar-refractivity contribution in [3.05, 3.63) is 39.0 Å². The summed E-state index contributed by atoms with van der Waals surface area (Å²) in [5.41, 5.74) is -3.30. The van der Waals surface area contributed by atoms with Gasteiger partial charge in [0.1, 0.15) is 5.72 Å². The van der Waals surface area contributed by atoms with Crippen molar-refractivity contribution in [1.29, 1.82) is 0 Å². The second-order valence-electron chi connectivity index (χ2n) is 9.60. The average Bonchev–Trinajstić information content (AvgIpc) is 3.37. The lowest BCUT2D eigenvalue weighted by Gasteiger charge is -2.39. The van der Waals surface area contributed by atoms with Gasteiger partial charge in [-0.25, -0.2) is 13.9 Å². The Hall–Kier alpha value is -1.92. The number of likely N-dealkylation sites (tertiary alicyclic amines) is 2. The molecule has 2 unspecified atom stereocenters. The predicted molar refractivity (Wildman–Crippen MR) is 128 cm³/mol. The minimum atomic E-state index is -2.14. The number of fused-ring (bicyclic) bond motifs is 1. The van der Waals surface area contributed by atoms with Crippen molar-refractivity contribution in [2.75, 3.05) is 33.2 Å². The molecule has 1 aromatic carbocycles. The van der Waals surface area contributed by atoms with E-state index >= 15 is 0 Å². The molecule has 0 radical (unpaired) electrons. The van der Waals surface area contributed by atoms with Gasteiger partial charge in [0.15, 0.2) is 0 Å². The molecule has 0 spiro atoms. The van der Waals surface area contributed by atoms with Crippen molar-refractivity contribution in [1.82, 2.24) is 23.7 Å². The third kappa shape index (κ3) is 4.51. The van der Waals surface area contributed by atoms with Crippen molar-refractivity contribution < 1.29 is 14.3 Å². The summed E-state index contributed by atoms with van der Waals surface area (Å²) in [6.45, 7) is 2.41. The van der Waals surface area contributed by atoms with Crippen molar-refractivity contribution in [2.24, 2.45) is 5.92 Å². The Balaban J connectivity index is 1.52. The molecule has 1 saturated carbocycles. The molecule has 9 nitrogen and oxygen atoms in total. The smallest absolute Gasteiger partial charge is 0.331 e. The molecule has 34 heavy (non-hydrogen) atoms. The lowest BCUT2D eigenvalue weighted by Crippen LogP contribution is -2.58. The normalized spacial score (nSPS) is 23.3. The number of alkyl halides is 2. The van der Waals surface area contributed by atoms with Gasteiger partial charge in [0, 0.05) is 31.1 Å². The largest absolute Gasteiger partial charge is 0.375 e. The number of halogens is 2. The lowest BCUT2D eigenvalue weighted by atomic mass is 10.1. The molecule has 2 saturated heterocycles. The monoisotopic (exact) mass is 511 g/mol. The summed E-state index contributed by atoms with van der Waals surface area (Å²) in [5, 5.41) is 10.5. The molecule has 3 aliphatic rings. The fourth-order valence-corrected chi connectivity index (χ4v) is 5.64. The first-order valence-corrected chi connectivity index (χ1v) is 12.6. The molecule has 2 N–H and O–H groups in total. The maximum Gasteiger partial charge on any atom is 0.331 e. The SMILES string of the molecule is CN1CCC(Cn2c(=O)n(C3CN(C(=O)C(F)Cl)C3)c(=O)c3cc(SNC4(O)CC4)ccc32)C1. The van der Waals surface area contributed by atoms with Crippen LogP contribution in [-0.2, 0) is 11.3 Å². The van der Waals surface area contributed by atoms with E-state index < -0.39 is 34.6 Å². The minimum absolute atomic E-state index is 0.0574. The number of carbonyl (C=O) groups excluding carboxylic acids is 1. The Morgan fingerprint density at radius 2 is 2.06 bits per heavy atom. The number of nitrogens with zero attached hydrogens (tertiary/aromatic N) is 4. The van der Waals surface area contributed by atoms with Gasteiger partial charge in [0.05, 0.1) is 16.9 Å². The van der Waals surface area contributed by atoms with Crippen LogP contribution in [0.4, 0.5) is 4.39 Å². The molecule has 2 atom stereocenters. The van der Waals surface area contributed by atoms with E-state index in [1.165, 1.54) is 21.4 Å². The molecule has 2 aromatic rings. The summed E-state index contributed by atoms with van der Waals surface area (Å²) < 4.78 is 19.1. The van der Waals surface area contributed by atoms with Crippen LogP contribution in [0.2, 0.25) is 0 Å². The second kappa shape index (κ2) is 8.94. The van der Waals surface area contributed by atoms with E-state index in [2.05, 4.69) is 9.62 Å². The summed E-state index contributed by atoms with van der Waals surface area (Å²) in [7, 11) is 2.04. The summed E-state index contributed by atoms with van der Waals surface area (Å²) >= 11 is 6.51. The van der Waals surface area contributed by atoms with Crippen LogP contribution in [-0.4, -0.2) is 74.5 Å². The third-order valence-electron chi connectivity index (χ3n) is 6.88. The number of rotatable bonds is 7. The molecule has 1 aliphatic carbocycles. The Morgan fingerprint density at radius 3 is 2.68 bits per heavy atom. The molecule has 1 amide bonds. The van der Waals surface area contributed by atoms with E-state index in [-0.39, 0.29) is 19.0 Å². The van der Waals surface area contributed by atoms with Gasteiger partial charge in [-0.1, -0.05) is 11.6 Å². The van der Waals surface area contributed by atoms with E-state index in [1.807, 2.05) is 13.1 Å². The first-order valence-electron chi connectivity index (χ1n) is 11.4. The van der Waals surface area contributed by atoms with Crippen LogP contribution in [0, 0.1) is 5.92 Å². The van der Waals surface area contributed by atoms with Crippen LogP contribution in [0.15, 0.2) is 32.7 Å².